The highest BCUT2D eigenvalue weighted by Gasteiger charge is 2.36. The van der Waals surface area contributed by atoms with Crippen LogP contribution in [0, 0.1) is 0 Å². The SMILES string of the molecule is O=C(c1ccc(Br)o1)N1N=C(c2ccco2)C[C@@H]1c1ccc2nccnc2c1. The lowest BCUT2D eigenvalue weighted by Crippen LogP contribution is -2.26. The molecular formula is C20H13BrN4O3. The molecule has 4 heterocycles. The zero-order chi connectivity index (χ0) is 19.1. The van der Waals surface area contributed by atoms with Crippen LogP contribution in [0.2, 0.25) is 0 Å². The van der Waals surface area contributed by atoms with Gasteiger partial charge >= 0.3 is 5.91 Å². The number of carbonyl (C=O) groups is 1. The van der Waals surface area contributed by atoms with Gasteiger partial charge in [0.15, 0.2) is 10.4 Å². The van der Waals surface area contributed by atoms with Crippen LogP contribution in [0.15, 0.2) is 79.7 Å². The summed E-state index contributed by atoms with van der Waals surface area (Å²) in [6.07, 6.45) is 5.41. The second-order valence-electron chi connectivity index (χ2n) is 6.30. The number of halogens is 1. The minimum atomic E-state index is -0.323. The number of fused-ring (bicyclic) bond motifs is 1. The van der Waals surface area contributed by atoms with E-state index in [0.717, 1.165) is 16.6 Å². The lowest BCUT2D eigenvalue weighted by Gasteiger charge is -2.21. The van der Waals surface area contributed by atoms with Crippen LogP contribution in [0.1, 0.15) is 34.3 Å². The molecule has 7 nitrogen and oxygen atoms in total. The molecule has 28 heavy (non-hydrogen) atoms. The molecule has 1 aliphatic rings. The highest BCUT2D eigenvalue weighted by molar-refractivity contribution is 9.10. The monoisotopic (exact) mass is 436 g/mol. The van der Waals surface area contributed by atoms with Crippen molar-refractivity contribution in [3.8, 4) is 0 Å². The number of hydrogen-bond acceptors (Lipinski definition) is 6. The van der Waals surface area contributed by atoms with Crippen molar-refractivity contribution in [2.45, 2.75) is 12.5 Å². The van der Waals surface area contributed by atoms with Gasteiger partial charge in [-0.3, -0.25) is 14.8 Å². The van der Waals surface area contributed by atoms with Crippen molar-refractivity contribution in [1.29, 1.82) is 0 Å². The highest BCUT2D eigenvalue weighted by atomic mass is 79.9. The molecule has 0 spiro atoms. The molecule has 1 aliphatic heterocycles. The van der Waals surface area contributed by atoms with E-state index < -0.39 is 0 Å². The first-order chi connectivity index (χ1) is 13.7. The van der Waals surface area contributed by atoms with Gasteiger partial charge in [-0.05, 0) is 57.9 Å². The summed E-state index contributed by atoms with van der Waals surface area (Å²) < 4.78 is 11.4. The summed E-state index contributed by atoms with van der Waals surface area (Å²) in [7, 11) is 0. The summed E-state index contributed by atoms with van der Waals surface area (Å²) in [6.45, 7) is 0. The van der Waals surface area contributed by atoms with Crippen LogP contribution in [0.5, 0.6) is 0 Å². The van der Waals surface area contributed by atoms with Crippen molar-refractivity contribution in [2.24, 2.45) is 5.10 Å². The number of amides is 1. The summed E-state index contributed by atoms with van der Waals surface area (Å²) in [5.74, 6) is 0.528. The molecule has 0 fully saturated rings. The molecule has 1 aromatic carbocycles. The van der Waals surface area contributed by atoms with Gasteiger partial charge < -0.3 is 8.83 Å². The van der Waals surface area contributed by atoms with Crippen LogP contribution in [-0.4, -0.2) is 26.6 Å². The van der Waals surface area contributed by atoms with Crippen LogP contribution in [-0.2, 0) is 0 Å². The molecule has 0 aliphatic carbocycles. The standard InChI is InChI=1S/C20H13BrN4O3/c21-19-6-5-18(28-19)20(26)25-16(11-15(24-25)17-2-1-9-27-17)12-3-4-13-14(10-12)23-8-7-22-13/h1-10,16H,11H2/t16-/m1/s1. The van der Waals surface area contributed by atoms with Gasteiger partial charge in [0.25, 0.3) is 0 Å². The fourth-order valence-corrected chi connectivity index (χ4v) is 3.59. The summed E-state index contributed by atoms with van der Waals surface area (Å²) in [4.78, 5) is 21.7. The number of aromatic nitrogens is 2. The quantitative estimate of drug-likeness (QED) is 0.469. The van der Waals surface area contributed by atoms with Gasteiger partial charge in [0, 0.05) is 18.8 Å². The van der Waals surface area contributed by atoms with E-state index in [9.17, 15) is 4.79 Å². The topological polar surface area (TPSA) is 84.7 Å². The zero-order valence-corrected chi connectivity index (χ0v) is 16.0. The van der Waals surface area contributed by atoms with Gasteiger partial charge in [-0.15, -0.1) is 0 Å². The van der Waals surface area contributed by atoms with Crippen molar-refractivity contribution < 1.29 is 13.6 Å². The molecule has 0 unspecified atom stereocenters. The fraction of sp³-hybridized carbons (Fsp3) is 0.100. The van der Waals surface area contributed by atoms with E-state index in [1.807, 2.05) is 24.3 Å². The Kier molecular flexibility index (Phi) is 4.05. The molecule has 0 N–H and O–H groups in total. The molecule has 8 heteroatoms. The molecule has 0 radical (unpaired) electrons. The first-order valence-electron chi connectivity index (χ1n) is 8.60. The average Bonchev–Trinajstić information content (AvgIpc) is 3.47. The van der Waals surface area contributed by atoms with Gasteiger partial charge in [0.05, 0.1) is 23.3 Å². The highest BCUT2D eigenvalue weighted by Crippen LogP contribution is 2.35. The maximum absolute atomic E-state index is 13.1. The molecule has 1 amide bonds. The second-order valence-corrected chi connectivity index (χ2v) is 7.08. The van der Waals surface area contributed by atoms with E-state index in [4.69, 9.17) is 8.83 Å². The molecule has 0 bridgehead atoms. The van der Waals surface area contributed by atoms with Crippen molar-refractivity contribution in [2.75, 3.05) is 0 Å². The van der Waals surface area contributed by atoms with Gasteiger partial charge in [-0.2, -0.15) is 5.10 Å². The largest absolute Gasteiger partial charge is 0.463 e. The molecule has 5 rings (SSSR count). The number of hydrazone groups is 1. The first-order valence-corrected chi connectivity index (χ1v) is 9.39. The third-order valence-corrected chi connectivity index (χ3v) is 5.01. The number of carbonyl (C=O) groups excluding carboxylic acids is 1. The number of nitrogens with zero attached hydrogens (tertiary/aromatic N) is 4. The number of rotatable bonds is 3. The molecule has 4 aromatic rings. The molecular weight excluding hydrogens is 424 g/mol. The molecule has 138 valence electrons. The summed E-state index contributed by atoms with van der Waals surface area (Å²) >= 11 is 3.24. The van der Waals surface area contributed by atoms with Crippen LogP contribution >= 0.6 is 15.9 Å². The van der Waals surface area contributed by atoms with Crippen molar-refractivity contribution >= 4 is 38.6 Å². The van der Waals surface area contributed by atoms with Gasteiger partial charge in [0.1, 0.15) is 11.5 Å². The number of benzene rings is 1. The molecule has 0 saturated carbocycles. The Morgan fingerprint density at radius 3 is 2.71 bits per heavy atom. The van der Waals surface area contributed by atoms with E-state index in [1.54, 1.807) is 36.9 Å². The maximum Gasteiger partial charge on any atom is 0.310 e. The van der Waals surface area contributed by atoms with E-state index in [1.165, 1.54) is 5.01 Å². The van der Waals surface area contributed by atoms with Crippen LogP contribution in [0.25, 0.3) is 11.0 Å². The number of furan rings is 2. The van der Waals surface area contributed by atoms with Crippen LogP contribution in [0.3, 0.4) is 0 Å². The summed E-state index contributed by atoms with van der Waals surface area (Å²) in [6, 6.07) is 12.4. The Bertz CT molecular complexity index is 1200. The van der Waals surface area contributed by atoms with E-state index in [0.29, 0.717) is 22.6 Å². The number of hydrogen-bond donors (Lipinski definition) is 0. The Balaban J connectivity index is 1.57. The van der Waals surface area contributed by atoms with Crippen LogP contribution < -0.4 is 0 Å². The molecule has 1 atom stereocenters. The maximum atomic E-state index is 13.1. The minimum Gasteiger partial charge on any atom is -0.463 e. The Morgan fingerprint density at radius 1 is 1.11 bits per heavy atom. The molecule has 0 saturated heterocycles. The second kappa shape index (κ2) is 6.72. The minimum absolute atomic E-state index is 0.210. The zero-order valence-electron chi connectivity index (χ0n) is 14.4. The van der Waals surface area contributed by atoms with Gasteiger partial charge in [0.2, 0.25) is 0 Å². The van der Waals surface area contributed by atoms with Crippen LogP contribution in [0.4, 0.5) is 0 Å². The Morgan fingerprint density at radius 2 is 1.96 bits per heavy atom. The first kappa shape index (κ1) is 16.9. The normalized spacial score (nSPS) is 16.5. The Hall–Kier alpha value is -3.26. The van der Waals surface area contributed by atoms with E-state index >= 15 is 0 Å². The fourth-order valence-electron chi connectivity index (χ4n) is 3.28. The van der Waals surface area contributed by atoms with Crippen molar-refractivity contribution in [3.63, 3.8) is 0 Å². The third-order valence-electron chi connectivity index (χ3n) is 4.59. The lowest BCUT2D eigenvalue weighted by atomic mass is 10.00. The predicted octanol–water partition coefficient (Wildman–Crippen LogP) is 4.57. The summed E-state index contributed by atoms with van der Waals surface area (Å²) in [5.41, 5.74) is 3.18. The predicted molar refractivity (Wildman–Crippen MR) is 105 cm³/mol. The van der Waals surface area contributed by atoms with Crippen molar-refractivity contribution in [3.05, 3.63) is 82.9 Å². The van der Waals surface area contributed by atoms with E-state index in [2.05, 4.69) is 31.0 Å². The average molecular weight is 437 g/mol. The molecule has 3 aromatic heterocycles. The van der Waals surface area contributed by atoms with Gasteiger partial charge in [-0.25, -0.2) is 5.01 Å². The smallest absolute Gasteiger partial charge is 0.310 e. The van der Waals surface area contributed by atoms with E-state index in [-0.39, 0.29) is 17.7 Å². The van der Waals surface area contributed by atoms with Gasteiger partial charge in [-0.1, -0.05) is 6.07 Å². The lowest BCUT2D eigenvalue weighted by molar-refractivity contribution is 0.0677. The summed E-state index contributed by atoms with van der Waals surface area (Å²) in [5, 5.41) is 5.99. The van der Waals surface area contributed by atoms with Crippen molar-refractivity contribution in [1.82, 2.24) is 15.0 Å². The third kappa shape index (κ3) is 2.91. The Labute approximate surface area is 167 Å².